The van der Waals surface area contributed by atoms with Gasteiger partial charge in [0, 0.05) is 29.9 Å². The second-order valence-electron chi connectivity index (χ2n) is 11.3. The predicted octanol–water partition coefficient (Wildman–Crippen LogP) is 1.99. The highest BCUT2D eigenvalue weighted by Crippen LogP contribution is 2.19. The van der Waals surface area contributed by atoms with Gasteiger partial charge in [-0.25, -0.2) is 4.79 Å². The van der Waals surface area contributed by atoms with Gasteiger partial charge in [0.25, 0.3) is 0 Å². The smallest absolute Gasteiger partial charge is 0.326 e. The standard InChI is InChI=1S/C32H44N6O5/c1-20(2)16-24(34)29(39)37-27(17-21-10-4-3-5-11-21)31(41)36-26(14-8-9-15-33)30(40)38-28(32(42)43)18-22-19-35-25-13-7-6-12-23(22)25/h3-7,10-13,19-20,24,26-28,35H,8-9,14-18,33-34H2,1-2H3,(H,36,41)(H,37,39)(H,38,40)(H,42,43). The number of unbranched alkanes of at least 4 members (excludes halogenated alkanes) is 1. The molecule has 0 bridgehead atoms. The molecule has 0 radical (unpaired) electrons. The summed E-state index contributed by atoms with van der Waals surface area (Å²) < 4.78 is 0. The number of carbonyl (C=O) groups is 4. The van der Waals surface area contributed by atoms with Gasteiger partial charge in [-0.2, -0.15) is 0 Å². The number of aromatic nitrogens is 1. The van der Waals surface area contributed by atoms with Gasteiger partial charge in [-0.15, -0.1) is 0 Å². The SMILES string of the molecule is CC(C)CC(N)C(=O)NC(Cc1ccccc1)C(=O)NC(CCCCN)C(=O)NC(Cc1c[nH]c2ccccc12)C(=O)O. The Labute approximate surface area is 252 Å². The van der Waals surface area contributed by atoms with Gasteiger partial charge in [0.2, 0.25) is 17.7 Å². The molecule has 4 unspecified atom stereocenters. The molecule has 0 fully saturated rings. The number of amides is 3. The molecule has 0 saturated carbocycles. The largest absolute Gasteiger partial charge is 0.480 e. The molecule has 1 heterocycles. The van der Waals surface area contributed by atoms with Crippen molar-refractivity contribution in [2.45, 2.75) is 76.5 Å². The number of hydrogen-bond acceptors (Lipinski definition) is 6. The Morgan fingerprint density at radius 2 is 1.44 bits per heavy atom. The fourth-order valence-corrected chi connectivity index (χ4v) is 4.98. The Morgan fingerprint density at radius 1 is 0.814 bits per heavy atom. The molecule has 0 aliphatic carbocycles. The first-order chi connectivity index (χ1) is 20.6. The first-order valence-corrected chi connectivity index (χ1v) is 14.8. The molecule has 2 aromatic carbocycles. The van der Waals surface area contributed by atoms with Crippen molar-refractivity contribution in [1.82, 2.24) is 20.9 Å². The van der Waals surface area contributed by atoms with Crippen molar-refractivity contribution in [3.8, 4) is 0 Å². The lowest BCUT2D eigenvalue weighted by molar-refractivity contribution is -0.142. The van der Waals surface area contributed by atoms with Gasteiger partial charge in [0.15, 0.2) is 0 Å². The zero-order valence-corrected chi connectivity index (χ0v) is 24.8. The number of carboxylic acid groups (broad SMARTS) is 1. The Hall–Kier alpha value is -4.22. The summed E-state index contributed by atoms with van der Waals surface area (Å²) in [6.07, 6.45) is 3.80. The summed E-state index contributed by atoms with van der Waals surface area (Å²) in [5, 5.41) is 19.0. The number of carbonyl (C=O) groups excluding carboxylic acids is 3. The maximum absolute atomic E-state index is 13.6. The van der Waals surface area contributed by atoms with Crippen LogP contribution in [0.4, 0.5) is 0 Å². The fourth-order valence-electron chi connectivity index (χ4n) is 4.98. The number of aromatic amines is 1. The number of nitrogens with two attached hydrogens (primary N) is 2. The topological polar surface area (TPSA) is 192 Å². The summed E-state index contributed by atoms with van der Waals surface area (Å²) in [7, 11) is 0. The molecule has 0 aliphatic rings. The van der Waals surface area contributed by atoms with E-state index in [0.717, 1.165) is 22.0 Å². The molecule has 0 saturated heterocycles. The number of hydrogen-bond donors (Lipinski definition) is 7. The van der Waals surface area contributed by atoms with Crippen LogP contribution < -0.4 is 27.4 Å². The quantitative estimate of drug-likeness (QED) is 0.117. The molecule has 4 atom stereocenters. The van der Waals surface area contributed by atoms with Crippen molar-refractivity contribution in [3.05, 3.63) is 71.9 Å². The van der Waals surface area contributed by atoms with E-state index in [9.17, 15) is 24.3 Å². The molecule has 43 heavy (non-hydrogen) atoms. The average Bonchev–Trinajstić information content (AvgIpc) is 3.38. The lowest BCUT2D eigenvalue weighted by Gasteiger charge is -2.25. The van der Waals surface area contributed by atoms with E-state index < -0.39 is 47.9 Å². The van der Waals surface area contributed by atoms with Crippen LogP contribution in [0.3, 0.4) is 0 Å². The number of nitrogens with one attached hydrogen (secondary N) is 4. The lowest BCUT2D eigenvalue weighted by atomic mass is 10.0. The Bertz CT molecular complexity index is 1360. The molecule has 11 nitrogen and oxygen atoms in total. The van der Waals surface area contributed by atoms with E-state index in [1.807, 2.05) is 68.4 Å². The van der Waals surface area contributed by atoms with Crippen LogP contribution in [0.5, 0.6) is 0 Å². The fraction of sp³-hybridized carbons (Fsp3) is 0.438. The van der Waals surface area contributed by atoms with Crippen LogP contribution >= 0.6 is 0 Å². The number of carboxylic acids is 1. The maximum atomic E-state index is 13.6. The van der Waals surface area contributed by atoms with Crippen molar-refractivity contribution < 1.29 is 24.3 Å². The summed E-state index contributed by atoms with van der Waals surface area (Å²) in [6.45, 7) is 4.31. The van der Waals surface area contributed by atoms with E-state index in [2.05, 4.69) is 20.9 Å². The van der Waals surface area contributed by atoms with Crippen LogP contribution in [-0.4, -0.2) is 64.5 Å². The second-order valence-corrected chi connectivity index (χ2v) is 11.3. The molecule has 9 N–H and O–H groups in total. The molecule has 0 aliphatic heterocycles. The molecule has 1 aromatic heterocycles. The van der Waals surface area contributed by atoms with Gasteiger partial charge in [-0.1, -0.05) is 62.4 Å². The Kier molecular flexibility index (Phi) is 12.7. The highest BCUT2D eigenvalue weighted by atomic mass is 16.4. The summed E-state index contributed by atoms with van der Waals surface area (Å²) in [5.74, 6) is -2.66. The van der Waals surface area contributed by atoms with Crippen LogP contribution in [-0.2, 0) is 32.0 Å². The molecule has 0 spiro atoms. The number of para-hydroxylation sites is 1. The second kappa shape index (κ2) is 16.4. The van der Waals surface area contributed by atoms with E-state index in [4.69, 9.17) is 11.5 Å². The molecule has 3 amide bonds. The zero-order chi connectivity index (χ0) is 31.4. The minimum absolute atomic E-state index is 0.0506. The monoisotopic (exact) mass is 592 g/mol. The third kappa shape index (κ3) is 10.2. The molecule has 232 valence electrons. The number of fused-ring (bicyclic) bond motifs is 1. The number of benzene rings is 2. The van der Waals surface area contributed by atoms with Crippen molar-refractivity contribution in [2.75, 3.05) is 6.54 Å². The third-order valence-electron chi connectivity index (χ3n) is 7.27. The maximum Gasteiger partial charge on any atom is 0.326 e. The highest BCUT2D eigenvalue weighted by molar-refractivity contribution is 5.94. The molecular formula is C32H44N6O5. The Balaban J connectivity index is 1.78. The van der Waals surface area contributed by atoms with E-state index >= 15 is 0 Å². The highest BCUT2D eigenvalue weighted by Gasteiger charge is 2.31. The number of H-pyrrole nitrogens is 1. The van der Waals surface area contributed by atoms with Gasteiger partial charge in [-0.05, 0) is 55.3 Å². The normalized spacial score (nSPS) is 14.1. The Morgan fingerprint density at radius 3 is 2.12 bits per heavy atom. The van der Waals surface area contributed by atoms with Gasteiger partial charge >= 0.3 is 5.97 Å². The van der Waals surface area contributed by atoms with Gasteiger partial charge in [-0.3, -0.25) is 14.4 Å². The first-order valence-electron chi connectivity index (χ1n) is 14.8. The van der Waals surface area contributed by atoms with Crippen molar-refractivity contribution >= 4 is 34.6 Å². The molecule has 11 heteroatoms. The minimum atomic E-state index is -1.23. The molecular weight excluding hydrogens is 548 g/mol. The predicted molar refractivity (Wildman–Crippen MR) is 166 cm³/mol. The summed E-state index contributed by atoms with van der Waals surface area (Å²) in [6, 6.07) is 12.6. The van der Waals surface area contributed by atoms with E-state index in [-0.39, 0.29) is 25.2 Å². The van der Waals surface area contributed by atoms with Crippen molar-refractivity contribution in [1.29, 1.82) is 0 Å². The van der Waals surface area contributed by atoms with E-state index in [0.29, 0.717) is 25.8 Å². The summed E-state index contributed by atoms with van der Waals surface area (Å²) in [5.41, 5.74) is 14.2. The summed E-state index contributed by atoms with van der Waals surface area (Å²) in [4.78, 5) is 55.3. The van der Waals surface area contributed by atoms with E-state index in [1.165, 1.54) is 0 Å². The summed E-state index contributed by atoms with van der Waals surface area (Å²) >= 11 is 0. The zero-order valence-electron chi connectivity index (χ0n) is 24.8. The van der Waals surface area contributed by atoms with Crippen molar-refractivity contribution in [2.24, 2.45) is 17.4 Å². The van der Waals surface area contributed by atoms with Crippen LogP contribution in [0.15, 0.2) is 60.8 Å². The van der Waals surface area contributed by atoms with Gasteiger partial charge in [0.1, 0.15) is 18.1 Å². The first kappa shape index (κ1) is 33.3. The van der Waals surface area contributed by atoms with Gasteiger partial charge < -0.3 is 37.5 Å². The van der Waals surface area contributed by atoms with Crippen LogP contribution in [0.2, 0.25) is 0 Å². The van der Waals surface area contributed by atoms with Gasteiger partial charge in [0.05, 0.1) is 6.04 Å². The number of rotatable bonds is 17. The van der Waals surface area contributed by atoms with Crippen LogP contribution in [0.25, 0.3) is 10.9 Å². The number of aliphatic carboxylic acids is 1. The third-order valence-corrected chi connectivity index (χ3v) is 7.27. The lowest BCUT2D eigenvalue weighted by Crippen LogP contribution is -2.57. The minimum Gasteiger partial charge on any atom is -0.480 e. The van der Waals surface area contributed by atoms with E-state index in [1.54, 1.807) is 6.20 Å². The average molecular weight is 593 g/mol. The van der Waals surface area contributed by atoms with Crippen molar-refractivity contribution in [3.63, 3.8) is 0 Å². The molecule has 3 aromatic rings. The van der Waals surface area contributed by atoms with Crippen LogP contribution in [0.1, 0.15) is 50.7 Å². The molecule has 3 rings (SSSR count). The van der Waals surface area contributed by atoms with Crippen LogP contribution in [0, 0.1) is 5.92 Å².